The summed E-state index contributed by atoms with van der Waals surface area (Å²) >= 11 is 0. The zero-order chi connectivity index (χ0) is 14.5. The van der Waals surface area contributed by atoms with Gasteiger partial charge in [-0.1, -0.05) is 0 Å². The molecule has 1 atom stereocenters. The summed E-state index contributed by atoms with van der Waals surface area (Å²) in [5.74, 6) is 2.39. The topological polar surface area (TPSA) is 63.5 Å². The molecule has 1 unspecified atom stereocenters. The Labute approximate surface area is 119 Å². The number of hydrogen-bond acceptors (Lipinski definition) is 5. The first-order valence-electron chi connectivity index (χ1n) is 6.66. The highest BCUT2D eigenvalue weighted by Crippen LogP contribution is 2.39. The van der Waals surface area contributed by atoms with Crippen LogP contribution in [0.25, 0.3) is 0 Å². The van der Waals surface area contributed by atoms with Gasteiger partial charge in [-0.25, -0.2) is 0 Å². The van der Waals surface area contributed by atoms with E-state index in [1.807, 2.05) is 12.1 Å². The number of rotatable bonds is 7. The lowest BCUT2D eigenvalue weighted by molar-refractivity contribution is 0.323. The maximum atomic E-state index is 9.34. The normalized spacial score (nSPS) is 15.3. The van der Waals surface area contributed by atoms with E-state index >= 15 is 0 Å². The van der Waals surface area contributed by atoms with Crippen molar-refractivity contribution in [3.05, 3.63) is 17.7 Å². The lowest BCUT2D eigenvalue weighted by Crippen LogP contribution is -2.22. The van der Waals surface area contributed by atoms with E-state index in [2.05, 4.69) is 11.4 Å². The van der Waals surface area contributed by atoms with Crippen LogP contribution in [-0.2, 0) is 0 Å². The maximum Gasteiger partial charge on any atom is 0.203 e. The second-order valence-corrected chi connectivity index (χ2v) is 4.87. The summed E-state index contributed by atoms with van der Waals surface area (Å²) in [6.07, 6.45) is 2.50. The van der Waals surface area contributed by atoms with Crippen LogP contribution in [-0.4, -0.2) is 27.9 Å². The molecule has 1 fully saturated rings. The molecule has 0 heterocycles. The second kappa shape index (κ2) is 6.49. The summed E-state index contributed by atoms with van der Waals surface area (Å²) in [4.78, 5) is 0. The molecular formula is C15H20N2O3. The predicted octanol–water partition coefficient (Wildman–Crippen LogP) is 2.28. The smallest absolute Gasteiger partial charge is 0.203 e. The van der Waals surface area contributed by atoms with Crippen molar-refractivity contribution in [1.82, 2.24) is 5.32 Å². The third-order valence-corrected chi connectivity index (χ3v) is 3.46. The van der Waals surface area contributed by atoms with Crippen LogP contribution in [0.5, 0.6) is 17.2 Å². The van der Waals surface area contributed by atoms with Crippen LogP contribution in [0.15, 0.2) is 12.1 Å². The van der Waals surface area contributed by atoms with Crippen LogP contribution in [0.2, 0.25) is 0 Å². The number of nitriles is 1. The van der Waals surface area contributed by atoms with Gasteiger partial charge in [0.15, 0.2) is 11.5 Å². The first kappa shape index (κ1) is 14.5. The van der Waals surface area contributed by atoms with Crippen molar-refractivity contribution in [1.29, 1.82) is 5.26 Å². The summed E-state index contributed by atoms with van der Waals surface area (Å²) < 4.78 is 15.9. The molecule has 5 heteroatoms. The van der Waals surface area contributed by atoms with Crippen LogP contribution in [0.3, 0.4) is 0 Å². The third-order valence-electron chi connectivity index (χ3n) is 3.46. The Balaban J connectivity index is 2.26. The molecule has 108 valence electrons. The van der Waals surface area contributed by atoms with Crippen molar-refractivity contribution in [2.24, 2.45) is 5.92 Å². The summed E-state index contributed by atoms with van der Waals surface area (Å²) in [6.45, 7) is 0.870. The van der Waals surface area contributed by atoms with Crippen molar-refractivity contribution >= 4 is 0 Å². The van der Waals surface area contributed by atoms with Gasteiger partial charge in [0.1, 0.15) is 6.04 Å². The van der Waals surface area contributed by atoms with Gasteiger partial charge < -0.3 is 14.2 Å². The molecule has 0 saturated heterocycles. The molecule has 1 aliphatic rings. The lowest BCUT2D eigenvalue weighted by Gasteiger charge is -2.17. The molecule has 1 N–H and O–H groups in total. The highest BCUT2D eigenvalue weighted by atomic mass is 16.5. The molecule has 1 aromatic carbocycles. The molecule has 20 heavy (non-hydrogen) atoms. The van der Waals surface area contributed by atoms with E-state index in [-0.39, 0.29) is 6.04 Å². The summed E-state index contributed by atoms with van der Waals surface area (Å²) in [7, 11) is 4.70. The molecule has 0 amide bonds. The molecule has 0 aliphatic heterocycles. The van der Waals surface area contributed by atoms with E-state index in [1.165, 1.54) is 12.8 Å². The Hall–Kier alpha value is -1.93. The van der Waals surface area contributed by atoms with Crippen LogP contribution in [0, 0.1) is 17.2 Å². The molecule has 0 aromatic heterocycles. The first-order valence-corrected chi connectivity index (χ1v) is 6.66. The van der Waals surface area contributed by atoms with Gasteiger partial charge >= 0.3 is 0 Å². The zero-order valence-electron chi connectivity index (χ0n) is 12.1. The quantitative estimate of drug-likeness (QED) is 0.827. The fourth-order valence-electron chi connectivity index (χ4n) is 2.11. The number of nitrogens with zero attached hydrogens (tertiary/aromatic N) is 1. The molecule has 1 aromatic rings. The van der Waals surface area contributed by atoms with E-state index in [4.69, 9.17) is 14.2 Å². The standard InChI is InChI=1S/C15H20N2O3/c1-18-13-6-11(7-14(19-2)15(13)20-3)12(8-16)17-9-10-4-5-10/h6-7,10,12,17H,4-5,9H2,1-3H3. The molecule has 0 spiro atoms. The van der Waals surface area contributed by atoms with Crippen LogP contribution < -0.4 is 19.5 Å². The van der Waals surface area contributed by atoms with E-state index in [0.29, 0.717) is 23.2 Å². The van der Waals surface area contributed by atoms with Gasteiger partial charge in [0.2, 0.25) is 5.75 Å². The van der Waals surface area contributed by atoms with E-state index in [1.54, 1.807) is 21.3 Å². The van der Waals surface area contributed by atoms with E-state index in [9.17, 15) is 5.26 Å². The molecule has 0 radical (unpaired) electrons. The van der Waals surface area contributed by atoms with Gasteiger partial charge in [0, 0.05) is 0 Å². The van der Waals surface area contributed by atoms with E-state index < -0.39 is 0 Å². The fourth-order valence-corrected chi connectivity index (χ4v) is 2.11. The van der Waals surface area contributed by atoms with E-state index in [0.717, 1.165) is 12.1 Å². The SMILES string of the molecule is COc1cc(C(C#N)NCC2CC2)cc(OC)c1OC. The minimum atomic E-state index is -0.371. The largest absolute Gasteiger partial charge is 0.493 e. The minimum absolute atomic E-state index is 0.371. The van der Waals surface area contributed by atoms with Gasteiger partial charge in [-0.05, 0) is 43.0 Å². The molecule has 1 saturated carbocycles. The molecular weight excluding hydrogens is 256 g/mol. The van der Waals surface area contributed by atoms with Crippen molar-refractivity contribution in [2.45, 2.75) is 18.9 Å². The number of nitrogens with one attached hydrogen (secondary N) is 1. The summed E-state index contributed by atoms with van der Waals surface area (Å²) in [5.41, 5.74) is 0.822. The number of ether oxygens (including phenoxy) is 3. The van der Waals surface area contributed by atoms with Crippen LogP contribution in [0.1, 0.15) is 24.4 Å². The second-order valence-electron chi connectivity index (χ2n) is 4.87. The Morgan fingerprint density at radius 2 is 1.80 bits per heavy atom. The number of benzene rings is 1. The summed E-state index contributed by atoms with van der Waals surface area (Å²) in [6, 6.07) is 5.54. The molecule has 0 bridgehead atoms. The molecule has 2 rings (SSSR count). The van der Waals surface area contributed by atoms with Crippen molar-refractivity contribution in [2.75, 3.05) is 27.9 Å². The molecule has 5 nitrogen and oxygen atoms in total. The zero-order valence-corrected chi connectivity index (χ0v) is 12.1. The van der Waals surface area contributed by atoms with Gasteiger partial charge in [0.05, 0.1) is 27.4 Å². The minimum Gasteiger partial charge on any atom is -0.493 e. The Kier molecular flexibility index (Phi) is 4.70. The summed E-state index contributed by atoms with van der Waals surface area (Å²) in [5, 5.41) is 12.6. The van der Waals surface area contributed by atoms with Crippen molar-refractivity contribution < 1.29 is 14.2 Å². The Bertz CT molecular complexity index is 481. The van der Waals surface area contributed by atoms with Gasteiger partial charge in [-0.15, -0.1) is 0 Å². The fraction of sp³-hybridized carbons (Fsp3) is 0.533. The number of hydrogen-bond donors (Lipinski definition) is 1. The van der Waals surface area contributed by atoms with Crippen molar-refractivity contribution in [3.8, 4) is 23.3 Å². The Morgan fingerprint density at radius 1 is 1.20 bits per heavy atom. The van der Waals surface area contributed by atoms with Gasteiger partial charge in [-0.2, -0.15) is 5.26 Å². The average molecular weight is 276 g/mol. The monoisotopic (exact) mass is 276 g/mol. The van der Waals surface area contributed by atoms with Crippen molar-refractivity contribution in [3.63, 3.8) is 0 Å². The maximum absolute atomic E-state index is 9.34. The lowest BCUT2D eigenvalue weighted by atomic mass is 10.1. The van der Waals surface area contributed by atoms with Crippen LogP contribution >= 0.6 is 0 Å². The predicted molar refractivity (Wildman–Crippen MR) is 75.2 cm³/mol. The van der Waals surface area contributed by atoms with Crippen LogP contribution in [0.4, 0.5) is 0 Å². The third kappa shape index (κ3) is 3.14. The highest BCUT2D eigenvalue weighted by molar-refractivity contribution is 5.55. The van der Waals surface area contributed by atoms with Gasteiger partial charge in [-0.3, -0.25) is 5.32 Å². The average Bonchev–Trinajstić information content (AvgIpc) is 3.30. The first-order chi connectivity index (χ1) is 9.73. The van der Waals surface area contributed by atoms with Gasteiger partial charge in [0.25, 0.3) is 0 Å². The highest BCUT2D eigenvalue weighted by Gasteiger charge is 2.24. The number of methoxy groups -OCH3 is 3. The Morgan fingerprint density at radius 3 is 2.20 bits per heavy atom. The molecule has 1 aliphatic carbocycles.